The number of H-pyrrole nitrogens is 1. The van der Waals surface area contributed by atoms with Crippen molar-refractivity contribution in [3.63, 3.8) is 0 Å². The fourth-order valence-electron chi connectivity index (χ4n) is 3.26. The second kappa shape index (κ2) is 7.72. The molecule has 152 valence electrons. The molecule has 4 atom stereocenters. The summed E-state index contributed by atoms with van der Waals surface area (Å²) in [4.78, 5) is 53.4. The van der Waals surface area contributed by atoms with Crippen LogP contribution in [0.25, 0.3) is 10.3 Å². The molecule has 3 N–H and O–H groups in total. The molecule has 0 aromatic carbocycles. The van der Waals surface area contributed by atoms with Gasteiger partial charge in [-0.05, 0) is 6.42 Å². The normalized spacial score (nSPS) is 22.9. The van der Waals surface area contributed by atoms with Crippen LogP contribution in [0.4, 0.5) is 5.95 Å². The third kappa shape index (κ3) is 3.78. The molecular formula is C16H20N4O7S. The average molecular weight is 412 g/mol. The van der Waals surface area contributed by atoms with E-state index in [1.165, 1.54) is 13.8 Å². The summed E-state index contributed by atoms with van der Waals surface area (Å²) < 4.78 is 17.8. The largest absolute Gasteiger partial charge is 0.460 e. The van der Waals surface area contributed by atoms with Gasteiger partial charge in [-0.2, -0.15) is 4.98 Å². The Labute approximate surface area is 162 Å². The summed E-state index contributed by atoms with van der Waals surface area (Å²) in [7, 11) is 0. The number of carbonyl (C=O) groups is 2. The van der Waals surface area contributed by atoms with Crippen LogP contribution in [-0.2, 0) is 23.8 Å². The van der Waals surface area contributed by atoms with Crippen molar-refractivity contribution in [2.45, 2.75) is 58.2 Å². The number of aromatic amines is 1. The summed E-state index contributed by atoms with van der Waals surface area (Å²) in [6.45, 7) is 4.34. The predicted octanol–water partition coefficient (Wildman–Crippen LogP) is 0.289. The van der Waals surface area contributed by atoms with Crippen LogP contribution in [0.5, 0.6) is 0 Å². The van der Waals surface area contributed by atoms with E-state index in [1.807, 2.05) is 6.92 Å². The molecule has 1 saturated heterocycles. The molecule has 1 aliphatic rings. The van der Waals surface area contributed by atoms with E-state index in [4.69, 9.17) is 19.9 Å². The lowest BCUT2D eigenvalue weighted by Crippen LogP contribution is -2.31. The standard InChI is InChI=1S/C16H20N4O7S/c1-4-8(25-6(2)21)9-5-10(26-7(3)22)14(27-9)20-12-11(28-16(20)24)13(23)19-15(17)18-12/h8-10,14H,4-5H2,1-3H3,(H3,17,18,19,23)/t8-,9-,10+,14+/m0/s1. The maximum Gasteiger partial charge on any atom is 0.311 e. The van der Waals surface area contributed by atoms with Crippen LogP contribution in [0.15, 0.2) is 9.59 Å². The van der Waals surface area contributed by atoms with Gasteiger partial charge in [-0.3, -0.25) is 28.7 Å². The number of fused-ring (bicyclic) bond motifs is 1. The first kappa shape index (κ1) is 20.0. The van der Waals surface area contributed by atoms with E-state index in [-0.39, 0.29) is 22.7 Å². The summed E-state index contributed by atoms with van der Waals surface area (Å²) in [5.74, 6) is -1.19. The van der Waals surface area contributed by atoms with Gasteiger partial charge < -0.3 is 19.9 Å². The Morgan fingerprint density at radius 1 is 1.39 bits per heavy atom. The van der Waals surface area contributed by atoms with Crippen LogP contribution in [0, 0.1) is 0 Å². The smallest absolute Gasteiger partial charge is 0.311 e. The van der Waals surface area contributed by atoms with Crippen molar-refractivity contribution in [3.05, 3.63) is 20.0 Å². The quantitative estimate of drug-likeness (QED) is 0.659. The van der Waals surface area contributed by atoms with Crippen LogP contribution in [0.3, 0.4) is 0 Å². The number of rotatable bonds is 5. The molecule has 0 amide bonds. The second-order valence-electron chi connectivity index (χ2n) is 6.35. The van der Waals surface area contributed by atoms with Crippen molar-refractivity contribution in [3.8, 4) is 0 Å². The number of nitrogens with zero attached hydrogens (tertiary/aromatic N) is 2. The molecule has 11 nitrogen and oxygen atoms in total. The van der Waals surface area contributed by atoms with E-state index in [1.54, 1.807) is 0 Å². The minimum atomic E-state index is -1.03. The highest BCUT2D eigenvalue weighted by atomic mass is 32.1. The average Bonchev–Trinajstić information content (AvgIpc) is 3.12. The number of esters is 2. The summed E-state index contributed by atoms with van der Waals surface area (Å²) in [5, 5.41) is 0. The van der Waals surface area contributed by atoms with Crippen molar-refractivity contribution in [1.29, 1.82) is 0 Å². The first-order chi connectivity index (χ1) is 13.2. The van der Waals surface area contributed by atoms with Gasteiger partial charge >= 0.3 is 16.8 Å². The fraction of sp³-hybridized carbons (Fsp3) is 0.562. The van der Waals surface area contributed by atoms with Gasteiger partial charge in [-0.25, -0.2) is 0 Å². The van der Waals surface area contributed by atoms with Gasteiger partial charge in [0.25, 0.3) is 5.56 Å². The lowest BCUT2D eigenvalue weighted by Gasteiger charge is -2.22. The molecule has 0 radical (unpaired) electrons. The zero-order valence-electron chi connectivity index (χ0n) is 15.5. The van der Waals surface area contributed by atoms with Gasteiger partial charge in [0.1, 0.15) is 23.0 Å². The summed E-state index contributed by atoms with van der Waals surface area (Å²) in [6, 6.07) is 0. The fourth-order valence-corrected chi connectivity index (χ4v) is 4.10. The number of ether oxygens (including phenoxy) is 3. The van der Waals surface area contributed by atoms with Crippen molar-refractivity contribution < 1.29 is 23.8 Å². The Morgan fingerprint density at radius 2 is 2.11 bits per heavy atom. The number of nitrogens with one attached hydrogen (secondary N) is 1. The molecule has 0 bridgehead atoms. The molecule has 2 aromatic rings. The second-order valence-corrected chi connectivity index (χ2v) is 7.31. The van der Waals surface area contributed by atoms with E-state index in [9.17, 15) is 19.2 Å². The molecule has 12 heteroatoms. The van der Waals surface area contributed by atoms with E-state index >= 15 is 0 Å². The molecule has 0 saturated carbocycles. The molecular weight excluding hydrogens is 392 g/mol. The van der Waals surface area contributed by atoms with E-state index in [2.05, 4.69) is 9.97 Å². The SMILES string of the molecule is CC[C@H](OC(C)=O)[C@@H]1C[C@@H](OC(C)=O)[C@H](n2c(=O)sc3c(=O)[nH]c(N)nc32)O1. The Bertz CT molecular complexity index is 1030. The van der Waals surface area contributed by atoms with Gasteiger partial charge in [0.15, 0.2) is 11.9 Å². The Balaban J connectivity index is 2.05. The minimum Gasteiger partial charge on any atom is -0.460 e. The Hall–Kier alpha value is -2.73. The molecule has 1 aliphatic heterocycles. The van der Waals surface area contributed by atoms with Crippen LogP contribution >= 0.6 is 11.3 Å². The predicted molar refractivity (Wildman–Crippen MR) is 98.8 cm³/mol. The summed E-state index contributed by atoms with van der Waals surface area (Å²) in [6.07, 6.45) is -2.38. The summed E-state index contributed by atoms with van der Waals surface area (Å²) in [5.41, 5.74) is 5.10. The van der Waals surface area contributed by atoms with Crippen LogP contribution in [-0.4, -0.2) is 44.8 Å². The highest BCUT2D eigenvalue weighted by molar-refractivity contribution is 7.16. The number of nitrogen functional groups attached to an aromatic ring is 1. The number of nitrogens with two attached hydrogens (primary N) is 1. The van der Waals surface area contributed by atoms with Crippen molar-refractivity contribution >= 4 is 39.6 Å². The zero-order valence-corrected chi connectivity index (χ0v) is 16.3. The first-order valence-corrected chi connectivity index (χ1v) is 9.43. The monoisotopic (exact) mass is 412 g/mol. The van der Waals surface area contributed by atoms with Gasteiger partial charge in [-0.1, -0.05) is 18.3 Å². The number of aromatic nitrogens is 3. The maximum atomic E-state index is 12.6. The molecule has 0 aliphatic carbocycles. The van der Waals surface area contributed by atoms with E-state index in [0.717, 1.165) is 4.57 Å². The van der Waals surface area contributed by atoms with E-state index in [0.29, 0.717) is 17.8 Å². The highest BCUT2D eigenvalue weighted by Gasteiger charge is 2.44. The molecule has 2 aromatic heterocycles. The lowest BCUT2D eigenvalue weighted by molar-refractivity contribution is -0.158. The van der Waals surface area contributed by atoms with Crippen molar-refractivity contribution in [2.75, 3.05) is 5.73 Å². The third-order valence-corrected chi connectivity index (χ3v) is 5.24. The number of carbonyl (C=O) groups excluding carboxylic acids is 2. The number of thiazole rings is 1. The minimum absolute atomic E-state index is 0.0413. The topological polar surface area (TPSA) is 156 Å². The molecule has 1 fully saturated rings. The van der Waals surface area contributed by atoms with Gasteiger partial charge in [0, 0.05) is 20.3 Å². The third-order valence-electron chi connectivity index (χ3n) is 4.29. The molecule has 3 heterocycles. The van der Waals surface area contributed by atoms with Crippen LogP contribution in [0.1, 0.15) is 39.8 Å². The van der Waals surface area contributed by atoms with Gasteiger partial charge in [0.05, 0.1) is 0 Å². The summed E-state index contributed by atoms with van der Waals surface area (Å²) >= 11 is 0.688. The Morgan fingerprint density at radius 3 is 2.71 bits per heavy atom. The number of hydrogen-bond donors (Lipinski definition) is 2. The van der Waals surface area contributed by atoms with Crippen molar-refractivity contribution in [2.24, 2.45) is 0 Å². The lowest BCUT2D eigenvalue weighted by atomic mass is 10.1. The zero-order chi connectivity index (χ0) is 20.6. The van der Waals surface area contributed by atoms with E-state index < -0.39 is 46.9 Å². The number of anilines is 1. The Kier molecular flexibility index (Phi) is 5.52. The maximum absolute atomic E-state index is 12.6. The molecule has 3 rings (SSSR count). The number of hydrogen-bond acceptors (Lipinski definition) is 10. The first-order valence-electron chi connectivity index (χ1n) is 8.62. The molecule has 0 spiro atoms. The van der Waals surface area contributed by atoms with Crippen LogP contribution < -0.4 is 16.2 Å². The highest BCUT2D eigenvalue weighted by Crippen LogP contribution is 2.35. The molecule has 28 heavy (non-hydrogen) atoms. The van der Waals surface area contributed by atoms with Gasteiger partial charge in [0.2, 0.25) is 5.95 Å². The van der Waals surface area contributed by atoms with Gasteiger partial charge in [-0.15, -0.1) is 0 Å². The van der Waals surface area contributed by atoms with Crippen molar-refractivity contribution in [1.82, 2.24) is 14.5 Å². The van der Waals surface area contributed by atoms with Crippen LogP contribution in [0.2, 0.25) is 0 Å². The molecule has 0 unspecified atom stereocenters.